The van der Waals surface area contributed by atoms with Crippen LogP contribution in [0.3, 0.4) is 0 Å². The molecule has 6 aromatic rings. The Bertz CT molecular complexity index is 2430. The van der Waals surface area contributed by atoms with Crippen LogP contribution in [0.15, 0.2) is 125 Å². The molecule has 266 valence electrons. The van der Waals surface area contributed by atoms with E-state index in [1.807, 2.05) is 36.1 Å². The van der Waals surface area contributed by atoms with Crippen molar-refractivity contribution in [3.63, 3.8) is 0 Å². The smallest absolute Gasteiger partial charge is 0.416 e. The van der Waals surface area contributed by atoms with Crippen LogP contribution >= 0.6 is 0 Å². The van der Waals surface area contributed by atoms with Crippen molar-refractivity contribution in [3.8, 4) is 22.8 Å². The monoisotopic (exact) mass is 729 g/mol. The van der Waals surface area contributed by atoms with Crippen molar-refractivity contribution in [1.82, 2.24) is 24.2 Å². The third kappa shape index (κ3) is 8.01. The van der Waals surface area contributed by atoms with Crippen molar-refractivity contribution in [2.45, 2.75) is 31.0 Å². The van der Waals surface area contributed by atoms with Gasteiger partial charge in [-0.25, -0.2) is 36.7 Å². The largest absolute Gasteiger partial charge is 0.744 e. The maximum absolute atomic E-state index is 13.9. The summed E-state index contributed by atoms with van der Waals surface area (Å²) in [6.07, 6.45) is 0.496. The molecule has 3 heterocycles. The minimum Gasteiger partial charge on any atom is -0.744 e. The van der Waals surface area contributed by atoms with E-state index in [0.717, 1.165) is 26.8 Å². The molecule has 0 radical (unpaired) electrons. The fraction of sp³-hybridized carbons (Fsp3) is 0.139. The highest BCUT2D eigenvalue weighted by atomic mass is 32.2. The number of hydrogen-bond acceptors (Lipinski definition) is 6. The van der Waals surface area contributed by atoms with E-state index in [2.05, 4.69) is 15.3 Å². The Labute approximate surface area is 296 Å². The summed E-state index contributed by atoms with van der Waals surface area (Å²) in [5.74, 6) is 0. The van der Waals surface area contributed by atoms with E-state index in [0.29, 0.717) is 17.1 Å². The lowest BCUT2D eigenvalue weighted by atomic mass is 10.1. The minimum absolute atomic E-state index is 0.0452. The van der Waals surface area contributed by atoms with Gasteiger partial charge in [-0.2, -0.15) is 18.3 Å². The molecule has 52 heavy (non-hydrogen) atoms. The summed E-state index contributed by atoms with van der Waals surface area (Å²) in [5.41, 5.74) is 0.661. The lowest BCUT2D eigenvalue weighted by Gasteiger charge is -2.15. The van der Waals surface area contributed by atoms with Crippen molar-refractivity contribution >= 4 is 21.8 Å². The summed E-state index contributed by atoms with van der Waals surface area (Å²) < 4.78 is 76.8. The van der Waals surface area contributed by atoms with E-state index in [4.69, 9.17) is 6.57 Å². The van der Waals surface area contributed by atoms with Gasteiger partial charge in [0.25, 0.3) is 0 Å². The summed E-state index contributed by atoms with van der Waals surface area (Å²) >= 11 is 0. The first-order chi connectivity index (χ1) is 24.6. The van der Waals surface area contributed by atoms with Crippen molar-refractivity contribution < 1.29 is 35.5 Å². The zero-order valence-corrected chi connectivity index (χ0v) is 28.6. The number of aryl methyl sites for hydroxylation is 1. The van der Waals surface area contributed by atoms with Gasteiger partial charge in [-0.15, -0.1) is 0 Å². The highest BCUT2D eigenvalue weighted by Gasteiger charge is 2.32. The van der Waals surface area contributed by atoms with Gasteiger partial charge >= 0.3 is 17.9 Å². The number of carbonyl (C=O) groups is 1. The number of carbonyl (C=O) groups excluding carboxylic acids is 1. The molecule has 3 aromatic heterocycles. The first kappa shape index (κ1) is 37.0. The van der Waals surface area contributed by atoms with Crippen LogP contribution in [0.5, 0.6) is 0 Å². The fourth-order valence-corrected chi connectivity index (χ4v) is 5.79. The molecule has 12 nitrogen and oxygen atoms in total. The fourth-order valence-electron chi connectivity index (χ4n) is 5.30. The number of pyridine rings is 1. The Hall–Kier alpha value is -6.31. The number of nitrogens with one attached hydrogen (secondary N) is 1. The molecule has 0 unspecified atom stereocenters. The van der Waals surface area contributed by atoms with Crippen molar-refractivity contribution in [3.05, 3.63) is 154 Å². The SMILES string of the molecule is O=S(=O)([O-])c1ccccc1.[C-]#[N+]c1ccc(-n2nccc2-c2c(C)n(-c3cccc(C(F)(F)F)c3)c(=O)n2C(=O)N[C@@H](C)c2cc[n+](C)cc2)cc1. The van der Waals surface area contributed by atoms with E-state index in [1.165, 1.54) is 47.3 Å². The Morgan fingerprint density at radius 2 is 1.62 bits per heavy atom. The van der Waals surface area contributed by atoms with Gasteiger partial charge < -0.3 is 9.87 Å². The average Bonchev–Trinajstić information content (AvgIpc) is 3.70. The number of hydrogen-bond donors (Lipinski definition) is 1. The second-order valence-electron chi connectivity index (χ2n) is 11.4. The molecular weight excluding hydrogens is 700 g/mol. The zero-order chi connectivity index (χ0) is 37.8. The molecule has 0 saturated heterocycles. The third-order valence-electron chi connectivity index (χ3n) is 7.90. The topological polar surface area (TPSA) is 139 Å². The first-order valence-electron chi connectivity index (χ1n) is 15.4. The van der Waals surface area contributed by atoms with E-state index >= 15 is 0 Å². The Kier molecular flexibility index (Phi) is 10.6. The Balaban J connectivity index is 0.000000452. The number of benzene rings is 3. The molecule has 1 amide bonds. The van der Waals surface area contributed by atoms with Crippen molar-refractivity contribution in [2.75, 3.05) is 0 Å². The van der Waals surface area contributed by atoms with Crippen LogP contribution in [0.2, 0.25) is 0 Å². The second kappa shape index (κ2) is 14.9. The molecule has 0 aliphatic heterocycles. The maximum atomic E-state index is 13.9. The average molecular weight is 730 g/mol. The van der Waals surface area contributed by atoms with Crippen LogP contribution < -0.4 is 15.6 Å². The van der Waals surface area contributed by atoms with E-state index in [-0.39, 0.29) is 22.0 Å². The molecule has 0 aliphatic rings. The van der Waals surface area contributed by atoms with Crippen molar-refractivity contribution in [2.24, 2.45) is 7.05 Å². The van der Waals surface area contributed by atoms with Crippen molar-refractivity contribution in [1.29, 1.82) is 0 Å². The van der Waals surface area contributed by atoms with Gasteiger partial charge in [-0.3, -0.25) is 4.57 Å². The van der Waals surface area contributed by atoms with Gasteiger partial charge in [0.05, 0.1) is 52.0 Å². The van der Waals surface area contributed by atoms with Gasteiger partial charge in [0.2, 0.25) is 0 Å². The number of rotatable bonds is 6. The summed E-state index contributed by atoms with van der Waals surface area (Å²) in [4.78, 5) is 30.9. The van der Waals surface area contributed by atoms with Gasteiger partial charge in [0.1, 0.15) is 22.9 Å². The highest BCUT2D eigenvalue weighted by Crippen LogP contribution is 2.32. The molecule has 0 bridgehead atoms. The minimum atomic E-state index is -4.63. The molecule has 0 aliphatic carbocycles. The predicted molar refractivity (Wildman–Crippen MR) is 183 cm³/mol. The van der Waals surface area contributed by atoms with Gasteiger partial charge in [0.15, 0.2) is 18.1 Å². The molecule has 0 spiro atoms. The van der Waals surface area contributed by atoms with Crippen LogP contribution in [-0.4, -0.2) is 37.9 Å². The normalized spacial score (nSPS) is 12.0. The first-order valence-corrected chi connectivity index (χ1v) is 16.8. The third-order valence-corrected chi connectivity index (χ3v) is 8.75. The molecule has 1 atom stereocenters. The van der Waals surface area contributed by atoms with Crippen LogP contribution in [0.25, 0.3) is 27.6 Å². The van der Waals surface area contributed by atoms with Gasteiger partial charge in [-0.05, 0) is 67.9 Å². The van der Waals surface area contributed by atoms with E-state index in [9.17, 15) is 35.7 Å². The lowest BCUT2D eigenvalue weighted by Crippen LogP contribution is -2.38. The standard InChI is InChI=1S/C30H24F3N7O2.C6H6O3S/c1-19(21-13-16-37(4)17-14-21)36-28(41)39-27(26-12-15-35-40(26)24-10-8-23(34-3)9-11-24)20(2)38(29(39)42)25-7-5-6-22(18-25)30(31,32)33;7-10(8,9)6-4-2-1-3-5-6/h5-19H,1-2,4H3;1-5H,(H,7,8,9)/t19-;/m0./s1. The van der Waals surface area contributed by atoms with E-state index < -0.39 is 39.6 Å². The number of imidazole rings is 1. The predicted octanol–water partition coefficient (Wildman–Crippen LogP) is 6.10. The number of halogens is 3. The summed E-state index contributed by atoms with van der Waals surface area (Å²) in [7, 11) is -2.40. The van der Waals surface area contributed by atoms with Crippen LogP contribution in [0.1, 0.15) is 29.8 Å². The number of nitrogens with zero attached hydrogens (tertiary/aromatic N) is 6. The quantitative estimate of drug-likeness (QED) is 0.125. The van der Waals surface area contributed by atoms with Crippen LogP contribution in [0.4, 0.5) is 23.7 Å². The summed E-state index contributed by atoms with van der Waals surface area (Å²) in [6, 6.07) is 22.1. The molecule has 1 N–H and O–H groups in total. The summed E-state index contributed by atoms with van der Waals surface area (Å²) in [6.45, 7) is 10.5. The second-order valence-corrected chi connectivity index (χ2v) is 12.8. The Morgan fingerprint density at radius 1 is 0.962 bits per heavy atom. The Morgan fingerprint density at radius 3 is 2.19 bits per heavy atom. The maximum Gasteiger partial charge on any atom is 0.416 e. The van der Waals surface area contributed by atoms with Crippen LogP contribution in [0, 0.1) is 13.5 Å². The molecule has 0 saturated carbocycles. The molecule has 0 fully saturated rings. The summed E-state index contributed by atoms with van der Waals surface area (Å²) in [5, 5.41) is 7.20. The molecule has 6 rings (SSSR count). The number of alkyl halides is 3. The zero-order valence-electron chi connectivity index (χ0n) is 27.8. The highest BCUT2D eigenvalue weighted by molar-refractivity contribution is 7.85. The molecular formula is C36H30F3N7O5S. The molecule has 16 heteroatoms. The molecule has 3 aromatic carbocycles. The lowest BCUT2D eigenvalue weighted by molar-refractivity contribution is -0.671. The number of amides is 1. The van der Waals surface area contributed by atoms with Crippen LogP contribution in [-0.2, 0) is 23.3 Å². The van der Waals surface area contributed by atoms with Gasteiger partial charge in [-0.1, -0.05) is 36.4 Å². The number of aromatic nitrogens is 5. The van der Waals surface area contributed by atoms with Gasteiger partial charge in [0, 0.05) is 12.1 Å². The van der Waals surface area contributed by atoms with E-state index in [1.54, 1.807) is 50.2 Å².